The fourth-order valence-electron chi connectivity index (χ4n) is 2.69. The van der Waals surface area contributed by atoms with Crippen molar-refractivity contribution in [1.82, 2.24) is 4.90 Å². The average molecular weight is 353 g/mol. The number of carboxylic acids is 1. The molecule has 5 heteroatoms. The molecule has 1 aromatic carbocycles. The third-order valence-electron chi connectivity index (χ3n) is 4.10. The van der Waals surface area contributed by atoms with Gasteiger partial charge in [-0.15, -0.1) is 0 Å². The molecular weight excluding hydrogens is 332 g/mol. The molecule has 2 atom stereocenters. The van der Waals surface area contributed by atoms with Crippen LogP contribution in [-0.4, -0.2) is 48.2 Å². The van der Waals surface area contributed by atoms with E-state index < -0.39 is 5.97 Å². The van der Waals surface area contributed by atoms with Gasteiger partial charge in [-0.1, -0.05) is 22.0 Å². The van der Waals surface area contributed by atoms with Crippen molar-refractivity contribution in [3.8, 4) is 0 Å². The van der Waals surface area contributed by atoms with E-state index in [9.17, 15) is 4.79 Å². The van der Waals surface area contributed by atoms with E-state index in [1.807, 2.05) is 12.1 Å². The Bertz CT molecular complexity index is 547. The lowest BCUT2D eigenvalue weighted by Gasteiger charge is -2.44. The van der Waals surface area contributed by atoms with Crippen LogP contribution in [0.3, 0.4) is 0 Å². The fourth-order valence-corrected chi connectivity index (χ4v) is 3.04. The maximum atomic E-state index is 10.8. The number of piperazine rings is 1. The van der Waals surface area contributed by atoms with Crippen LogP contribution in [0.4, 0.5) is 5.69 Å². The van der Waals surface area contributed by atoms with Crippen molar-refractivity contribution in [3.63, 3.8) is 0 Å². The van der Waals surface area contributed by atoms with Crippen LogP contribution in [0.5, 0.6) is 0 Å². The molecular formula is C16H21BrN2O2. The first-order valence-corrected chi connectivity index (χ1v) is 7.85. The second kappa shape index (κ2) is 6.62. The molecule has 0 spiro atoms. The summed E-state index contributed by atoms with van der Waals surface area (Å²) in [4.78, 5) is 15.5. The molecule has 1 aliphatic heterocycles. The number of rotatable bonds is 3. The predicted molar refractivity (Wildman–Crippen MR) is 89.7 cm³/mol. The van der Waals surface area contributed by atoms with Crippen molar-refractivity contribution >= 4 is 33.7 Å². The Balaban J connectivity index is 2.33. The predicted octanol–water partition coefficient (Wildman–Crippen LogP) is 3.08. The Morgan fingerprint density at radius 3 is 2.52 bits per heavy atom. The van der Waals surface area contributed by atoms with Crippen molar-refractivity contribution in [2.75, 3.05) is 25.0 Å². The molecule has 4 nitrogen and oxygen atoms in total. The topological polar surface area (TPSA) is 43.8 Å². The highest BCUT2D eigenvalue weighted by atomic mass is 79.9. The van der Waals surface area contributed by atoms with E-state index in [-0.39, 0.29) is 0 Å². The van der Waals surface area contributed by atoms with Gasteiger partial charge >= 0.3 is 5.97 Å². The number of carbonyl (C=O) groups is 1. The van der Waals surface area contributed by atoms with Crippen LogP contribution < -0.4 is 4.90 Å². The summed E-state index contributed by atoms with van der Waals surface area (Å²) < 4.78 is 1.00. The van der Waals surface area contributed by atoms with Gasteiger partial charge in [0.05, 0.1) is 0 Å². The van der Waals surface area contributed by atoms with Gasteiger partial charge < -0.3 is 10.0 Å². The second-order valence-electron chi connectivity index (χ2n) is 5.64. The molecule has 114 valence electrons. The minimum absolute atomic E-state index is 0.462. The van der Waals surface area contributed by atoms with E-state index in [1.54, 1.807) is 6.08 Å². The number of hydrogen-bond donors (Lipinski definition) is 1. The van der Waals surface area contributed by atoms with E-state index in [1.165, 1.54) is 6.08 Å². The zero-order chi connectivity index (χ0) is 15.6. The first kappa shape index (κ1) is 16.0. The zero-order valence-electron chi connectivity index (χ0n) is 12.6. The number of benzene rings is 1. The smallest absolute Gasteiger partial charge is 0.328 e. The molecule has 0 radical (unpaired) electrons. The molecule has 1 aliphatic rings. The largest absolute Gasteiger partial charge is 0.478 e. The lowest BCUT2D eigenvalue weighted by atomic mass is 10.1. The van der Waals surface area contributed by atoms with Gasteiger partial charge in [-0.25, -0.2) is 4.79 Å². The van der Waals surface area contributed by atoms with E-state index in [2.05, 4.69) is 52.7 Å². The van der Waals surface area contributed by atoms with Gasteiger partial charge in [-0.3, -0.25) is 4.90 Å². The summed E-state index contributed by atoms with van der Waals surface area (Å²) in [5, 5.41) is 8.83. The molecule has 0 saturated carbocycles. The molecule has 2 unspecified atom stereocenters. The normalized spacial score (nSPS) is 23.7. The first-order chi connectivity index (χ1) is 9.88. The average Bonchev–Trinajstić information content (AvgIpc) is 2.42. The van der Waals surface area contributed by atoms with E-state index in [4.69, 9.17) is 5.11 Å². The molecule has 1 aromatic rings. The molecule has 0 bridgehead atoms. The maximum absolute atomic E-state index is 10.8. The number of carboxylic acid groups (broad SMARTS) is 1. The van der Waals surface area contributed by atoms with Crippen molar-refractivity contribution in [2.45, 2.75) is 25.9 Å². The van der Waals surface area contributed by atoms with Crippen LogP contribution in [0.15, 0.2) is 28.7 Å². The van der Waals surface area contributed by atoms with Gasteiger partial charge in [-0.05, 0) is 44.7 Å². The molecule has 1 fully saturated rings. The van der Waals surface area contributed by atoms with Crippen molar-refractivity contribution in [2.24, 2.45) is 0 Å². The highest BCUT2D eigenvalue weighted by Gasteiger charge is 2.27. The Labute approximate surface area is 134 Å². The van der Waals surface area contributed by atoms with Gasteiger partial charge in [0.1, 0.15) is 0 Å². The van der Waals surface area contributed by atoms with Crippen LogP contribution in [0.1, 0.15) is 19.4 Å². The zero-order valence-corrected chi connectivity index (χ0v) is 14.2. The minimum atomic E-state index is -0.927. The van der Waals surface area contributed by atoms with Crippen molar-refractivity contribution in [3.05, 3.63) is 34.3 Å². The summed E-state index contributed by atoms with van der Waals surface area (Å²) in [6.45, 7) is 6.30. The highest BCUT2D eigenvalue weighted by molar-refractivity contribution is 9.10. The first-order valence-electron chi connectivity index (χ1n) is 7.06. The van der Waals surface area contributed by atoms with E-state index in [0.717, 1.165) is 28.8 Å². The van der Waals surface area contributed by atoms with Gasteiger partial charge in [0.15, 0.2) is 0 Å². The SMILES string of the molecule is CC1CN(c2cc(Br)ccc2/C=C/C(=O)O)CC(C)N1C. The van der Waals surface area contributed by atoms with E-state index in [0.29, 0.717) is 12.1 Å². The van der Waals surface area contributed by atoms with Gasteiger partial charge in [0.25, 0.3) is 0 Å². The van der Waals surface area contributed by atoms with Crippen LogP contribution in [0, 0.1) is 0 Å². The highest BCUT2D eigenvalue weighted by Crippen LogP contribution is 2.29. The molecule has 0 aromatic heterocycles. The number of hydrogen-bond acceptors (Lipinski definition) is 3. The monoisotopic (exact) mass is 352 g/mol. The summed E-state index contributed by atoms with van der Waals surface area (Å²) in [5.74, 6) is -0.927. The summed E-state index contributed by atoms with van der Waals surface area (Å²) in [6.07, 6.45) is 2.85. The number of likely N-dealkylation sites (N-methyl/N-ethyl adjacent to an activating group) is 1. The van der Waals surface area contributed by atoms with Crippen LogP contribution in [-0.2, 0) is 4.79 Å². The fraction of sp³-hybridized carbons (Fsp3) is 0.438. The third-order valence-corrected chi connectivity index (χ3v) is 4.59. The standard InChI is InChI=1S/C16H21BrN2O2/c1-11-9-19(10-12(2)18(11)3)15-8-14(17)6-4-13(15)5-7-16(20)21/h4-8,11-12H,9-10H2,1-3H3,(H,20,21)/b7-5+. The number of aliphatic carboxylic acids is 1. The number of anilines is 1. The molecule has 0 amide bonds. The molecule has 2 rings (SSSR count). The van der Waals surface area contributed by atoms with Crippen LogP contribution >= 0.6 is 15.9 Å². The summed E-state index contributed by atoms with van der Waals surface area (Å²) in [5.41, 5.74) is 2.01. The summed E-state index contributed by atoms with van der Waals surface area (Å²) in [7, 11) is 2.15. The van der Waals surface area contributed by atoms with Crippen molar-refractivity contribution in [1.29, 1.82) is 0 Å². The van der Waals surface area contributed by atoms with E-state index >= 15 is 0 Å². The lowest BCUT2D eigenvalue weighted by molar-refractivity contribution is -0.131. The maximum Gasteiger partial charge on any atom is 0.328 e. The molecule has 0 aliphatic carbocycles. The van der Waals surface area contributed by atoms with Gasteiger partial charge in [0.2, 0.25) is 0 Å². The Morgan fingerprint density at radius 2 is 1.95 bits per heavy atom. The molecule has 1 heterocycles. The van der Waals surface area contributed by atoms with Gasteiger partial charge in [-0.2, -0.15) is 0 Å². The minimum Gasteiger partial charge on any atom is -0.478 e. The van der Waals surface area contributed by atoms with Crippen molar-refractivity contribution < 1.29 is 9.90 Å². The van der Waals surface area contributed by atoms with Gasteiger partial charge in [0, 0.05) is 41.4 Å². The Kier molecular flexibility index (Phi) is 5.06. The summed E-state index contributed by atoms with van der Waals surface area (Å²) >= 11 is 3.51. The van der Waals surface area contributed by atoms with Crippen LogP contribution in [0.2, 0.25) is 0 Å². The molecule has 21 heavy (non-hydrogen) atoms. The van der Waals surface area contributed by atoms with Crippen LogP contribution in [0.25, 0.3) is 6.08 Å². The Morgan fingerprint density at radius 1 is 1.33 bits per heavy atom. The third kappa shape index (κ3) is 3.86. The number of nitrogens with zero attached hydrogens (tertiary/aromatic N) is 2. The summed E-state index contributed by atoms with van der Waals surface area (Å²) in [6, 6.07) is 6.88. The molecule has 1 N–H and O–H groups in total. The quantitative estimate of drug-likeness (QED) is 0.849. The Hall–Kier alpha value is -1.33. The number of halogens is 1. The lowest BCUT2D eigenvalue weighted by Crippen LogP contribution is -2.55. The molecule has 1 saturated heterocycles. The second-order valence-corrected chi connectivity index (χ2v) is 6.56.